The summed E-state index contributed by atoms with van der Waals surface area (Å²) in [4.78, 5) is 5.08. The molecule has 1 saturated heterocycles. The Bertz CT molecular complexity index is 867. The van der Waals surface area contributed by atoms with Crippen molar-refractivity contribution in [2.24, 2.45) is 0 Å². The van der Waals surface area contributed by atoms with Crippen LogP contribution in [0.1, 0.15) is 23.4 Å². The van der Waals surface area contributed by atoms with Crippen LogP contribution < -0.4 is 4.90 Å². The van der Waals surface area contributed by atoms with Crippen LogP contribution in [-0.2, 0) is 6.54 Å². The van der Waals surface area contributed by atoms with Gasteiger partial charge in [0, 0.05) is 44.1 Å². The van der Waals surface area contributed by atoms with Crippen LogP contribution in [0.3, 0.4) is 0 Å². The summed E-state index contributed by atoms with van der Waals surface area (Å²) < 4.78 is 2.02. The summed E-state index contributed by atoms with van der Waals surface area (Å²) in [6.45, 7) is 9.64. The van der Waals surface area contributed by atoms with Gasteiger partial charge in [0.25, 0.3) is 0 Å². The number of rotatable bonds is 4. The lowest BCUT2D eigenvalue weighted by atomic mass is 10.2. The molecule has 3 aromatic rings. The Morgan fingerprint density at radius 1 is 0.815 bits per heavy atom. The predicted octanol–water partition coefficient (Wildman–Crippen LogP) is 4.20. The van der Waals surface area contributed by atoms with Gasteiger partial charge in [-0.3, -0.25) is 4.90 Å². The Hall–Kier alpha value is -2.59. The van der Waals surface area contributed by atoms with Crippen LogP contribution in [0.4, 0.5) is 5.69 Å². The second-order valence-electron chi connectivity index (χ2n) is 7.46. The van der Waals surface area contributed by atoms with Crippen molar-refractivity contribution in [1.29, 1.82) is 0 Å². The zero-order valence-electron chi connectivity index (χ0n) is 16.3. The third kappa shape index (κ3) is 4.22. The molecule has 0 amide bonds. The van der Waals surface area contributed by atoms with Crippen LogP contribution in [0.15, 0.2) is 60.7 Å². The molecule has 2 aromatic carbocycles. The summed E-state index contributed by atoms with van der Waals surface area (Å²) >= 11 is 0. The molecule has 0 bridgehead atoms. The van der Waals surface area contributed by atoms with E-state index in [-0.39, 0.29) is 0 Å². The molecule has 0 N–H and O–H groups in total. The van der Waals surface area contributed by atoms with E-state index in [0.29, 0.717) is 0 Å². The molecular weight excluding hydrogens is 332 g/mol. The first-order chi connectivity index (χ1) is 13.2. The molecule has 4 rings (SSSR count). The summed E-state index contributed by atoms with van der Waals surface area (Å²) in [7, 11) is 0. The van der Waals surface area contributed by atoms with Gasteiger partial charge < -0.3 is 4.90 Å². The van der Waals surface area contributed by atoms with Crippen molar-refractivity contribution in [2.75, 3.05) is 31.1 Å². The van der Waals surface area contributed by atoms with Gasteiger partial charge >= 0.3 is 0 Å². The van der Waals surface area contributed by atoms with Crippen LogP contribution in [0, 0.1) is 13.8 Å². The molecule has 1 aliphatic rings. The largest absolute Gasteiger partial charge is 0.370 e. The van der Waals surface area contributed by atoms with E-state index in [2.05, 4.69) is 82.5 Å². The maximum Gasteiger partial charge on any atom is 0.0648 e. The highest BCUT2D eigenvalue weighted by atomic mass is 15.3. The minimum absolute atomic E-state index is 1.01. The molecule has 2 heterocycles. The number of aryl methyl sites for hydroxylation is 2. The Balaban J connectivity index is 1.38. The van der Waals surface area contributed by atoms with Gasteiger partial charge in [-0.1, -0.05) is 30.3 Å². The Morgan fingerprint density at radius 3 is 2.30 bits per heavy atom. The minimum atomic E-state index is 1.01. The van der Waals surface area contributed by atoms with Gasteiger partial charge in [-0.05, 0) is 56.2 Å². The van der Waals surface area contributed by atoms with Crippen LogP contribution in [-0.4, -0.2) is 40.9 Å². The third-order valence-corrected chi connectivity index (χ3v) is 5.31. The van der Waals surface area contributed by atoms with Crippen LogP contribution in [0.25, 0.3) is 5.69 Å². The highest BCUT2D eigenvalue weighted by molar-refractivity contribution is 5.46. The zero-order chi connectivity index (χ0) is 18.6. The van der Waals surface area contributed by atoms with Crippen molar-refractivity contribution in [2.45, 2.75) is 26.8 Å². The van der Waals surface area contributed by atoms with E-state index in [9.17, 15) is 0 Å². The molecule has 1 aromatic heterocycles. The molecule has 0 aliphatic carbocycles. The normalized spacial score (nSPS) is 15.7. The Kier molecular flexibility index (Phi) is 5.26. The molecule has 0 saturated carbocycles. The van der Waals surface area contributed by atoms with E-state index in [1.807, 2.05) is 11.6 Å². The maximum atomic E-state index is 4.58. The van der Waals surface area contributed by atoms with E-state index < -0.39 is 0 Å². The fraction of sp³-hybridized carbons (Fsp3) is 0.348. The minimum Gasteiger partial charge on any atom is -0.370 e. The fourth-order valence-corrected chi connectivity index (χ4v) is 3.92. The lowest BCUT2D eigenvalue weighted by molar-refractivity contribution is 0.285. The Morgan fingerprint density at radius 2 is 1.59 bits per heavy atom. The molecule has 0 spiro atoms. The van der Waals surface area contributed by atoms with Gasteiger partial charge in [0.15, 0.2) is 0 Å². The molecule has 140 valence electrons. The molecular formula is C23H28N4. The van der Waals surface area contributed by atoms with Gasteiger partial charge in [0.05, 0.1) is 11.4 Å². The lowest BCUT2D eigenvalue weighted by Crippen LogP contribution is -2.30. The highest BCUT2D eigenvalue weighted by Crippen LogP contribution is 2.18. The van der Waals surface area contributed by atoms with E-state index in [1.165, 1.54) is 23.4 Å². The fourth-order valence-electron chi connectivity index (χ4n) is 3.92. The molecule has 1 fully saturated rings. The van der Waals surface area contributed by atoms with Gasteiger partial charge in [-0.15, -0.1) is 0 Å². The van der Waals surface area contributed by atoms with E-state index >= 15 is 0 Å². The smallest absolute Gasteiger partial charge is 0.0648 e. The third-order valence-electron chi connectivity index (χ3n) is 5.31. The molecule has 1 aliphatic heterocycles. The summed E-state index contributed by atoms with van der Waals surface area (Å²) in [6.07, 6.45) is 1.21. The predicted molar refractivity (Wildman–Crippen MR) is 112 cm³/mol. The average molecular weight is 361 g/mol. The SMILES string of the molecule is Cc1cc(C)n(-c2ccc(CN3CCCN(c4ccccc4)CC3)cc2)n1. The van der Waals surface area contributed by atoms with Gasteiger partial charge in [0.1, 0.15) is 0 Å². The van der Waals surface area contributed by atoms with Crippen molar-refractivity contribution in [3.63, 3.8) is 0 Å². The van der Waals surface area contributed by atoms with Crippen LogP contribution in [0.5, 0.6) is 0 Å². The van der Waals surface area contributed by atoms with Gasteiger partial charge in [-0.2, -0.15) is 5.10 Å². The van der Waals surface area contributed by atoms with E-state index in [1.54, 1.807) is 0 Å². The molecule has 27 heavy (non-hydrogen) atoms. The number of nitrogens with zero attached hydrogens (tertiary/aromatic N) is 4. The second kappa shape index (κ2) is 7.97. The van der Waals surface area contributed by atoms with Gasteiger partial charge in [-0.25, -0.2) is 4.68 Å². The molecule has 4 heteroatoms. The summed E-state index contributed by atoms with van der Waals surface area (Å²) in [6, 6.07) is 21.7. The first-order valence-electron chi connectivity index (χ1n) is 9.84. The summed E-state index contributed by atoms with van der Waals surface area (Å²) in [5.41, 5.74) is 6.08. The molecule has 0 unspecified atom stereocenters. The number of anilines is 1. The Labute approximate surface area is 162 Å². The van der Waals surface area contributed by atoms with Gasteiger partial charge in [0.2, 0.25) is 0 Å². The van der Waals surface area contributed by atoms with Crippen LogP contribution in [0.2, 0.25) is 0 Å². The number of hydrogen-bond acceptors (Lipinski definition) is 3. The highest BCUT2D eigenvalue weighted by Gasteiger charge is 2.15. The first-order valence-corrected chi connectivity index (χ1v) is 9.84. The van der Waals surface area contributed by atoms with Crippen molar-refractivity contribution >= 4 is 5.69 Å². The monoisotopic (exact) mass is 360 g/mol. The molecule has 0 radical (unpaired) electrons. The van der Waals surface area contributed by atoms with Crippen molar-refractivity contribution < 1.29 is 0 Å². The average Bonchev–Trinajstić information content (AvgIpc) is 2.89. The quantitative estimate of drug-likeness (QED) is 0.697. The van der Waals surface area contributed by atoms with Crippen molar-refractivity contribution in [3.8, 4) is 5.69 Å². The standard InChI is InChI=1S/C23H28N4/c1-19-17-20(2)27(24-19)23-11-9-21(10-12-23)18-25-13-6-14-26(16-15-25)22-7-4-3-5-8-22/h3-5,7-12,17H,6,13-16,18H2,1-2H3. The van der Waals surface area contributed by atoms with E-state index in [4.69, 9.17) is 0 Å². The maximum absolute atomic E-state index is 4.58. The molecule has 4 nitrogen and oxygen atoms in total. The number of hydrogen-bond donors (Lipinski definition) is 0. The second-order valence-corrected chi connectivity index (χ2v) is 7.46. The zero-order valence-corrected chi connectivity index (χ0v) is 16.3. The summed E-state index contributed by atoms with van der Waals surface area (Å²) in [5, 5.41) is 4.58. The number of aromatic nitrogens is 2. The summed E-state index contributed by atoms with van der Waals surface area (Å²) in [5.74, 6) is 0. The number of benzene rings is 2. The molecule has 0 atom stereocenters. The number of para-hydroxylation sites is 1. The topological polar surface area (TPSA) is 24.3 Å². The van der Waals surface area contributed by atoms with Crippen molar-refractivity contribution in [1.82, 2.24) is 14.7 Å². The van der Waals surface area contributed by atoms with E-state index in [0.717, 1.165) is 44.1 Å². The van der Waals surface area contributed by atoms with Crippen molar-refractivity contribution in [3.05, 3.63) is 77.6 Å². The first kappa shape index (κ1) is 17.8. The lowest BCUT2D eigenvalue weighted by Gasteiger charge is -2.23. The van der Waals surface area contributed by atoms with Crippen LogP contribution >= 0.6 is 0 Å².